The van der Waals surface area contributed by atoms with Crippen LogP contribution in [0, 0.1) is 5.92 Å². The summed E-state index contributed by atoms with van der Waals surface area (Å²) in [5, 5.41) is 6.76. The van der Waals surface area contributed by atoms with Crippen molar-refractivity contribution in [3.8, 4) is 28.7 Å². The number of hydrogen-bond acceptors (Lipinski definition) is 10. The fourth-order valence-corrected chi connectivity index (χ4v) is 4.27. The van der Waals surface area contributed by atoms with Gasteiger partial charge >= 0.3 is 11.9 Å². The lowest BCUT2D eigenvalue weighted by Gasteiger charge is -2.14. The van der Waals surface area contributed by atoms with Crippen LogP contribution in [0.1, 0.15) is 45.7 Å². The number of nitrogens with zero attached hydrogens (tertiary/aromatic N) is 1. The van der Waals surface area contributed by atoms with Crippen LogP contribution < -0.4 is 34.4 Å². The van der Waals surface area contributed by atoms with E-state index in [1.165, 1.54) is 51.8 Å². The van der Waals surface area contributed by atoms with Crippen molar-refractivity contribution < 1.29 is 42.9 Å². The van der Waals surface area contributed by atoms with Crippen LogP contribution in [-0.4, -0.2) is 51.3 Å². The average molecular weight is 666 g/mol. The molecule has 0 radical (unpaired) electrons. The number of ether oxygens (including phenoxy) is 5. The zero-order chi connectivity index (χ0) is 35.3. The summed E-state index contributed by atoms with van der Waals surface area (Å²) in [4.78, 5) is 50.3. The van der Waals surface area contributed by atoms with E-state index in [0.717, 1.165) is 0 Å². The number of nitrogens with one attached hydrogen (secondary N) is 2. The van der Waals surface area contributed by atoms with Gasteiger partial charge in [0.25, 0.3) is 5.91 Å². The molecule has 252 valence electrons. The Morgan fingerprint density at radius 2 is 1.29 bits per heavy atom. The molecule has 0 aliphatic heterocycles. The lowest BCUT2D eigenvalue weighted by Crippen LogP contribution is -2.19. The summed E-state index contributed by atoms with van der Waals surface area (Å²) in [6, 6.07) is 22.6. The Hall–Kier alpha value is -6.43. The first-order chi connectivity index (χ1) is 23.6. The third-order valence-corrected chi connectivity index (χ3v) is 6.86. The molecule has 4 aromatic carbocycles. The van der Waals surface area contributed by atoms with Gasteiger partial charge in [-0.15, -0.1) is 0 Å². The van der Waals surface area contributed by atoms with Crippen molar-refractivity contribution in [2.45, 2.75) is 13.8 Å². The van der Waals surface area contributed by atoms with Gasteiger partial charge in [0.1, 0.15) is 11.5 Å². The number of hydrogen-bond donors (Lipinski definition) is 2. The molecule has 12 nitrogen and oxygen atoms in total. The van der Waals surface area contributed by atoms with Gasteiger partial charge in [-0.2, -0.15) is 5.10 Å². The fourth-order valence-electron chi connectivity index (χ4n) is 4.27. The molecule has 4 aromatic rings. The molecule has 4 rings (SSSR count). The van der Waals surface area contributed by atoms with E-state index in [1.807, 2.05) is 0 Å². The number of para-hydroxylation sites is 2. The molecule has 0 saturated carbocycles. The normalized spacial score (nSPS) is 10.9. The van der Waals surface area contributed by atoms with E-state index in [-0.39, 0.29) is 40.4 Å². The number of rotatable bonds is 13. The molecule has 49 heavy (non-hydrogen) atoms. The SMILES string of the molecule is COc1cc(C(=O)Oc2ccccc2/C=C/C(=O)Oc2ccccc2/C=N/NC(=O)c2ccc(NC(=O)C(C)C)cc2)cc(OC)c1OC. The number of carbonyl (C=O) groups excluding carboxylic acids is 4. The average Bonchev–Trinajstić information content (AvgIpc) is 3.11. The number of amides is 2. The molecule has 2 N–H and O–H groups in total. The summed E-state index contributed by atoms with van der Waals surface area (Å²) in [7, 11) is 4.34. The van der Waals surface area contributed by atoms with Crippen LogP contribution in [0.25, 0.3) is 6.08 Å². The number of hydrazone groups is 1. The molecule has 2 amide bonds. The number of benzene rings is 4. The highest BCUT2D eigenvalue weighted by molar-refractivity contribution is 5.97. The van der Waals surface area contributed by atoms with Gasteiger partial charge in [-0.3, -0.25) is 9.59 Å². The number of esters is 2. The second-order valence-electron chi connectivity index (χ2n) is 10.6. The molecule has 0 aliphatic rings. The molecule has 0 atom stereocenters. The van der Waals surface area contributed by atoms with Crippen LogP contribution >= 0.6 is 0 Å². The van der Waals surface area contributed by atoms with Gasteiger partial charge in [-0.25, -0.2) is 15.0 Å². The van der Waals surface area contributed by atoms with Crippen LogP contribution in [0.3, 0.4) is 0 Å². The molecule has 0 saturated heterocycles. The zero-order valence-electron chi connectivity index (χ0n) is 27.5. The largest absolute Gasteiger partial charge is 0.493 e. The Morgan fingerprint density at radius 1 is 0.694 bits per heavy atom. The number of methoxy groups -OCH3 is 3. The predicted octanol–water partition coefficient (Wildman–Crippen LogP) is 5.91. The summed E-state index contributed by atoms with van der Waals surface area (Å²) in [6.07, 6.45) is 3.99. The number of anilines is 1. The quantitative estimate of drug-likeness (QED) is 0.0584. The Bertz CT molecular complexity index is 1860. The topological polar surface area (TPSA) is 151 Å². The van der Waals surface area contributed by atoms with Crippen molar-refractivity contribution in [3.63, 3.8) is 0 Å². The maximum absolute atomic E-state index is 13.1. The Balaban J connectivity index is 1.40. The van der Waals surface area contributed by atoms with E-state index in [1.54, 1.807) is 86.6 Å². The van der Waals surface area contributed by atoms with E-state index in [9.17, 15) is 19.2 Å². The van der Waals surface area contributed by atoms with Crippen molar-refractivity contribution in [1.82, 2.24) is 5.43 Å². The summed E-state index contributed by atoms with van der Waals surface area (Å²) in [6.45, 7) is 3.57. The molecule has 0 aromatic heterocycles. The Morgan fingerprint density at radius 3 is 1.88 bits per heavy atom. The summed E-state index contributed by atoms with van der Waals surface area (Å²) < 4.78 is 27.1. The van der Waals surface area contributed by atoms with E-state index < -0.39 is 17.8 Å². The van der Waals surface area contributed by atoms with Crippen molar-refractivity contribution >= 4 is 41.7 Å². The smallest absolute Gasteiger partial charge is 0.343 e. The van der Waals surface area contributed by atoms with Crippen LogP contribution in [0.4, 0.5) is 5.69 Å². The molecule has 0 bridgehead atoms. The molecular weight excluding hydrogens is 630 g/mol. The maximum atomic E-state index is 13.1. The summed E-state index contributed by atoms with van der Waals surface area (Å²) in [5.74, 6) is -0.865. The van der Waals surface area contributed by atoms with Gasteiger partial charge in [0, 0.05) is 34.4 Å². The van der Waals surface area contributed by atoms with Crippen molar-refractivity contribution in [2.24, 2.45) is 11.0 Å². The minimum Gasteiger partial charge on any atom is -0.493 e. The highest BCUT2D eigenvalue weighted by Gasteiger charge is 2.19. The molecular formula is C37H35N3O9. The van der Waals surface area contributed by atoms with Gasteiger partial charge in [0.15, 0.2) is 11.5 Å². The van der Waals surface area contributed by atoms with Crippen molar-refractivity contribution in [3.05, 3.63) is 113 Å². The van der Waals surface area contributed by atoms with Gasteiger partial charge in [0.05, 0.1) is 33.1 Å². The van der Waals surface area contributed by atoms with Crippen molar-refractivity contribution in [1.29, 1.82) is 0 Å². The van der Waals surface area contributed by atoms with Crippen LogP contribution in [0.5, 0.6) is 28.7 Å². The third kappa shape index (κ3) is 9.55. The minimum atomic E-state index is -0.708. The fraction of sp³-hybridized carbons (Fsp3) is 0.162. The lowest BCUT2D eigenvalue weighted by molar-refractivity contribution is -0.129. The number of carbonyl (C=O) groups is 4. The Labute approximate surface area is 283 Å². The maximum Gasteiger partial charge on any atom is 0.343 e. The standard InChI is InChI=1S/C37H35N3O9/c1-23(2)35(42)39-28-17-14-25(15-18-28)36(43)40-38-22-26-11-7-9-13-30(26)48-33(41)19-16-24-10-6-8-12-29(24)49-37(44)27-20-31(45-3)34(47-5)32(21-27)46-4/h6-23H,1-5H3,(H,39,42)(H,40,43)/b19-16+,38-22+. The lowest BCUT2D eigenvalue weighted by atomic mass is 10.1. The van der Waals surface area contributed by atoms with Crippen LogP contribution in [0.15, 0.2) is 96.1 Å². The van der Waals surface area contributed by atoms with Crippen molar-refractivity contribution in [2.75, 3.05) is 26.6 Å². The van der Waals surface area contributed by atoms with Crippen LogP contribution in [-0.2, 0) is 9.59 Å². The van der Waals surface area contributed by atoms with E-state index in [4.69, 9.17) is 23.7 Å². The van der Waals surface area contributed by atoms with Crippen LogP contribution in [0.2, 0.25) is 0 Å². The second kappa shape index (κ2) is 16.9. The first-order valence-corrected chi connectivity index (χ1v) is 15.0. The Kier molecular flexibility index (Phi) is 12.2. The minimum absolute atomic E-state index is 0.129. The van der Waals surface area contributed by atoms with Gasteiger partial charge < -0.3 is 29.0 Å². The van der Waals surface area contributed by atoms with Gasteiger partial charge in [-0.1, -0.05) is 44.2 Å². The molecule has 0 spiro atoms. The van der Waals surface area contributed by atoms with E-state index in [0.29, 0.717) is 28.1 Å². The van der Waals surface area contributed by atoms with Gasteiger partial charge in [-0.05, 0) is 60.7 Å². The van der Waals surface area contributed by atoms with E-state index >= 15 is 0 Å². The highest BCUT2D eigenvalue weighted by Crippen LogP contribution is 2.38. The highest BCUT2D eigenvalue weighted by atomic mass is 16.5. The summed E-state index contributed by atoms with van der Waals surface area (Å²) >= 11 is 0. The molecule has 0 heterocycles. The molecule has 0 unspecified atom stereocenters. The zero-order valence-corrected chi connectivity index (χ0v) is 27.5. The first-order valence-electron chi connectivity index (χ1n) is 15.0. The molecule has 0 aliphatic carbocycles. The molecule has 12 heteroatoms. The monoisotopic (exact) mass is 665 g/mol. The molecule has 0 fully saturated rings. The van der Waals surface area contributed by atoms with Gasteiger partial charge in [0.2, 0.25) is 11.7 Å². The predicted molar refractivity (Wildman–Crippen MR) is 184 cm³/mol. The first kappa shape index (κ1) is 35.4. The second-order valence-corrected chi connectivity index (χ2v) is 10.6. The third-order valence-electron chi connectivity index (χ3n) is 6.86. The van der Waals surface area contributed by atoms with E-state index in [2.05, 4.69) is 15.8 Å². The summed E-state index contributed by atoms with van der Waals surface area (Å²) in [5.41, 5.74) is 4.36.